The fraction of sp³-hybridized carbons (Fsp3) is 0.500. The largest absolute Gasteiger partial charge is 0.385 e. The van der Waals surface area contributed by atoms with Gasteiger partial charge in [-0.15, -0.1) is 0 Å². The maximum absolute atomic E-state index is 10.0. The summed E-state index contributed by atoms with van der Waals surface area (Å²) < 4.78 is 0. The molecule has 1 radical (unpaired) electrons. The van der Waals surface area contributed by atoms with Crippen LogP contribution >= 0.6 is 0 Å². The van der Waals surface area contributed by atoms with Crippen LogP contribution < -0.4 is 0 Å². The number of aromatic nitrogens is 1. The van der Waals surface area contributed by atoms with Gasteiger partial charge in [-0.1, -0.05) is 19.9 Å². The van der Waals surface area contributed by atoms with Crippen molar-refractivity contribution < 1.29 is 5.11 Å². The predicted molar refractivity (Wildman–Crippen MR) is 47.6 cm³/mol. The Morgan fingerprint density at radius 1 is 1.50 bits per heavy atom. The topological polar surface area (TPSA) is 33.1 Å². The number of hydrogen-bond acceptors (Lipinski definition) is 2. The molecule has 0 unspecified atom stereocenters. The number of nitrogens with zero attached hydrogens (tertiary/aromatic N) is 1. The van der Waals surface area contributed by atoms with E-state index in [9.17, 15) is 5.11 Å². The Morgan fingerprint density at radius 3 is 2.58 bits per heavy atom. The third-order valence-corrected chi connectivity index (χ3v) is 2.28. The summed E-state index contributed by atoms with van der Waals surface area (Å²) in [6.45, 7) is 3.93. The molecule has 0 aliphatic rings. The Morgan fingerprint density at radius 2 is 2.17 bits per heavy atom. The molecule has 1 aromatic heterocycles. The zero-order chi connectivity index (χ0) is 9.03. The van der Waals surface area contributed by atoms with Crippen LogP contribution in [0.1, 0.15) is 32.3 Å². The molecular formula is C10H14NO. The van der Waals surface area contributed by atoms with Crippen molar-refractivity contribution in [3.8, 4) is 0 Å². The van der Waals surface area contributed by atoms with Gasteiger partial charge in [-0.2, -0.15) is 0 Å². The van der Waals surface area contributed by atoms with Gasteiger partial charge in [0.25, 0.3) is 0 Å². The lowest BCUT2D eigenvalue weighted by Gasteiger charge is -2.24. The summed E-state index contributed by atoms with van der Waals surface area (Å²) in [5.41, 5.74) is 0.0452. The second-order valence-corrected chi connectivity index (χ2v) is 2.90. The summed E-state index contributed by atoms with van der Waals surface area (Å²) >= 11 is 0. The summed E-state index contributed by atoms with van der Waals surface area (Å²) in [6.07, 6.45) is 5.87. The van der Waals surface area contributed by atoms with Crippen molar-refractivity contribution >= 4 is 0 Å². The molecule has 0 saturated heterocycles. The van der Waals surface area contributed by atoms with Crippen LogP contribution in [0.2, 0.25) is 0 Å². The molecule has 0 atom stereocenters. The lowest BCUT2D eigenvalue weighted by atomic mass is 9.90. The minimum absolute atomic E-state index is 0.700. The number of aliphatic hydroxyl groups is 1. The first-order chi connectivity index (χ1) is 5.73. The van der Waals surface area contributed by atoms with E-state index in [4.69, 9.17) is 0 Å². The van der Waals surface area contributed by atoms with E-state index in [1.165, 1.54) is 0 Å². The van der Waals surface area contributed by atoms with Crippen molar-refractivity contribution in [3.63, 3.8) is 0 Å². The Balaban J connectivity index is 2.95. The molecule has 0 spiro atoms. The van der Waals surface area contributed by atoms with Crippen molar-refractivity contribution in [2.75, 3.05) is 0 Å². The fourth-order valence-electron chi connectivity index (χ4n) is 1.22. The normalized spacial score (nSPS) is 11.6. The summed E-state index contributed by atoms with van der Waals surface area (Å²) in [5.74, 6) is 0. The van der Waals surface area contributed by atoms with Crippen molar-refractivity contribution in [1.29, 1.82) is 0 Å². The van der Waals surface area contributed by atoms with Crippen molar-refractivity contribution in [2.24, 2.45) is 0 Å². The Labute approximate surface area is 73.3 Å². The molecule has 0 aromatic carbocycles. The number of pyridine rings is 1. The highest BCUT2D eigenvalue weighted by molar-refractivity contribution is 5.16. The zero-order valence-electron chi connectivity index (χ0n) is 7.54. The van der Waals surface area contributed by atoms with Crippen LogP contribution in [0.25, 0.3) is 0 Å². The molecule has 1 aromatic rings. The fourth-order valence-corrected chi connectivity index (χ4v) is 1.22. The van der Waals surface area contributed by atoms with Crippen LogP contribution in [0.5, 0.6) is 0 Å². The Hall–Kier alpha value is -0.890. The molecule has 1 heterocycles. The van der Waals surface area contributed by atoms with E-state index in [0.717, 1.165) is 5.56 Å². The summed E-state index contributed by atoms with van der Waals surface area (Å²) in [4.78, 5) is 3.86. The third kappa shape index (κ3) is 1.64. The smallest absolute Gasteiger partial charge is 0.0950 e. The minimum atomic E-state index is -0.742. The van der Waals surface area contributed by atoms with Gasteiger partial charge in [0.2, 0.25) is 0 Å². The van der Waals surface area contributed by atoms with E-state index in [2.05, 4.69) is 11.2 Å². The van der Waals surface area contributed by atoms with Crippen molar-refractivity contribution in [2.45, 2.75) is 32.3 Å². The second-order valence-electron chi connectivity index (χ2n) is 2.90. The van der Waals surface area contributed by atoms with Gasteiger partial charge in [0, 0.05) is 11.8 Å². The highest BCUT2D eigenvalue weighted by Crippen LogP contribution is 2.26. The standard InChI is InChI=1S/C10H14NO/c1-3-10(12,4-2)9-6-5-7-11-8-9/h5-7,12H,3-4H2,1-2H3. The van der Waals surface area contributed by atoms with E-state index < -0.39 is 5.60 Å². The summed E-state index contributed by atoms with van der Waals surface area (Å²) in [6, 6.07) is 3.68. The predicted octanol–water partition coefficient (Wildman–Crippen LogP) is 1.89. The number of rotatable bonds is 3. The molecule has 65 valence electrons. The van der Waals surface area contributed by atoms with E-state index in [0.29, 0.717) is 12.8 Å². The van der Waals surface area contributed by atoms with E-state index in [1.54, 1.807) is 6.20 Å². The molecule has 2 heteroatoms. The lowest BCUT2D eigenvalue weighted by molar-refractivity contribution is 0.0278. The first kappa shape index (κ1) is 9.20. The van der Waals surface area contributed by atoms with Crippen LogP contribution in [0.3, 0.4) is 0 Å². The molecule has 0 aliphatic heterocycles. The van der Waals surface area contributed by atoms with Gasteiger partial charge in [0.1, 0.15) is 0 Å². The zero-order valence-corrected chi connectivity index (χ0v) is 7.54. The monoisotopic (exact) mass is 164 g/mol. The molecule has 0 fully saturated rings. The molecule has 0 aliphatic carbocycles. The number of hydrogen-bond donors (Lipinski definition) is 1. The SMILES string of the molecule is CCC(O)(CC)c1[c]nccc1. The Kier molecular flexibility index (Phi) is 2.82. The van der Waals surface area contributed by atoms with Crippen LogP contribution in [0.4, 0.5) is 0 Å². The highest BCUT2D eigenvalue weighted by atomic mass is 16.3. The summed E-state index contributed by atoms with van der Waals surface area (Å²) in [7, 11) is 0. The molecule has 12 heavy (non-hydrogen) atoms. The average Bonchev–Trinajstić information content (AvgIpc) is 2.18. The van der Waals surface area contributed by atoms with Gasteiger partial charge in [0.05, 0.1) is 11.8 Å². The molecule has 1 N–H and O–H groups in total. The highest BCUT2D eigenvalue weighted by Gasteiger charge is 2.24. The first-order valence-electron chi connectivity index (χ1n) is 4.28. The van der Waals surface area contributed by atoms with Gasteiger partial charge in [-0.3, -0.25) is 4.98 Å². The van der Waals surface area contributed by atoms with Crippen molar-refractivity contribution in [3.05, 3.63) is 30.1 Å². The van der Waals surface area contributed by atoms with Gasteiger partial charge in [0.15, 0.2) is 0 Å². The molecule has 0 saturated carbocycles. The molecule has 0 amide bonds. The van der Waals surface area contributed by atoms with Gasteiger partial charge in [-0.25, -0.2) is 0 Å². The van der Waals surface area contributed by atoms with Gasteiger partial charge < -0.3 is 5.11 Å². The van der Waals surface area contributed by atoms with Crippen LogP contribution in [-0.2, 0) is 5.60 Å². The van der Waals surface area contributed by atoms with Crippen LogP contribution in [0, 0.1) is 6.20 Å². The molecular weight excluding hydrogens is 150 g/mol. The molecule has 2 nitrogen and oxygen atoms in total. The van der Waals surface area contributed by atoms with E-state index in [1.807, 2.05) is 26.0 Å². The summed E-state index contributed by atoms with van der Waals surface area (Å²) in [5, 5.41) is 10.0. The van der Waals surface area contributed by atoms with Crippen LogP contribution in [-0.4, -0.2) is 10.1 Å². The van der Waals surface area contributed by atoms with E-state index >= 15 is 0 Å². The van der Waals surface area contributed by atoms with Crippen molar-refractivity contribution in [1.82, 2.24) is 4.98 Å². The Bertz CT molecular complexity index is 229. The van der Waals surface area contributed by atoms with Gasteiger partial charge in [-0.05, 0) is 18.9 Å². The third-order valence-electron chi connectivity index (χ3n) is 2.28. The van der Waals surface area contributed by atoms with Gasteiger partial charge >= 0.3 is 0 Å². The first-order valence-corrected chi connectivity index (χ1v) is 4.28. The second kappa shape index (κ2) is 3.68. The maximum Gasteiger partial charge on any atom is 0.0950 e. The quantitative estimate of drug-likeness (QED) is 0.740. The molecule has 0 bridgehead atoms. The van der Waals surface area contributed by atoms with Crippen LogP contribution in [0.15, 0.2) is 18.3 Å². The van der Waals surface area contributed by atoms with E-state index in [-0.39, 0.29) is 0 Å². The lowest BCUT2D eigenvalue weighted by Crippen LogP contribution is -2.23. The molecule has 1 rings (SSSR count). The maximum atomic E-state index is 10.0. The average molecular weight is 164 g/mol. The minimum Gasteiger partial charge on any atom is -0.385 e.